The lowest BCUT2D eigenvalue weighted by Gasteiger charge is -2.39. The van der Waals surface area contributed by atoms with E-state index in [2.05, 4.69) is 0 Å². The van der Waals surface area contributed by atoms with Gasteiger partial charge in [0.05, 0.1) is 43.7 Å². The third-order valence-corrected chi connectivity index (χ3v) is 6.89. The van der Waals surface area contributed by atoms with Crippen molar-refractivity contribution in [1.29, 1.82) is 0 Å². The molecule has 1 heterocycles. The minimum atomic E-state index is -1.22. The zero-order valence-corrected chi connectivity index (χ0v) is 21.8. The molecule has 2 unspecified atom stereocenters. The van der Waals surface area contributed by atoms with Gasteiger partial charge in [0.15, 0.2) is 0 Å². The number of hydrogen-bond acceptors (Lipinski definition) is 9. The summed E-state index contributed by atoms with van der Waals surface area (Å²) in [6.07, 6.45) is 0.590. The van der Waals surface area contributed by atoms with Gasteiger partial charge in [-0.1, -0.05) is 38.2 Å². The van der Waals surface area contributed by atoms with E-state index in [0.29, 0.717) is 18.6 Å². The molecule has 0 aromatic rings. The van der Waals surface area contributed by atoms with E-state index < -0.39 is 60.4 Å². The molecule has 8 atom stereocenters. The number of ether oxygens (including phenoxy) is 2. The Morgan fingerprint density at radius 1 is 1.00 bits per heavy atom. The normalized spacial score (nSPS) is 26.2. The van der Waals surface area contributed by atoms with Crippen LogP contribution in [0.1, 0.15) is 78.6 Å². The van der Waals surface area contributed by atoms with E-state index in [9.17, 15) is 35.1 Å². The third kappa shape index (κ3) is 12.1. The first-order valence-corrected chi connectivity index (χ1v) is 13.0. The number of carbonyl (C=O) groups is 2. The number of carboxylic acids is 1. The van der Waals surface area contributed by atoms with Gasteiger partial charge in [-0.3, -0.25) is 4.79 Å². The number of esters is 1. The predicted molar refractivity (Wildman–Crippen MR) is 132 cm³/mol. The molecule has 0 amide bonds. The maximum Gasteiger partial charge on any atom is 0.330 e. The van der Waals surface area contributed by atoms with E-state index in [1.807, 2.05) is 0 Å². The monoisotopic (exact) mass is 518 g/mol. The predicted octanol–water partition coefficient (Wildman–Crippen LogP) is 1.55. The third-order valence-electron chi connectivity index (χ3n) is 6.89. The number of rotatable bonds is 17. The average Bonchev–Trinajstić information content (AvgIpc) is 2.81. The highest BCUT2D eigenvalue weighted by molar-refractivity contribution is 5.82. The van der Waals surface area contributed by atoms with E-state index in [1.165, 1.54) is 13.0 Å². The van der Waals surface area contributed by atoms with Gasteiger partial charge in [-0.2, -0.15) is 0 Å². The Hall–Kier alpha value is -1.56. The molecular weight excluding hydrogens is 472 g/mol. The van der Waals surface area contributed by atoms with Crippen LogP contribution >= 0.6 is 0 Å². The lowest BCUT2D eigenvalue weighted by atomic mass is 9.83. The van der Waals surface area contributed by atoms with Crippen LogP contribution in [-0.4, -0.2) is 92.4 Å². The maximum absolute atomic E-state index is 12.0. The largest absolute Gasteiger partial charge is 0.481 e. The molecule has 0 saturated carbocycles. The fourth-order valence-electron chi connectivity index (χ4n) is 4.29. The summed E-state index contributed by atoms with van der Waals surface area (Å²) in [6.45, 7) is 5.22. The first-order chi connectivity index (χ1) is 16.9. The topological polar surface area (TPSA) is 174 Å². The Balaban J connectivity index is 2.34. The van der Waals surface area contributed by atoms with Crippen LogP contribution in [0.4, 0.5) is 0 Å². The SMILES string of the molecule is C/C(=C\C(=O)OCCCCCCCCC(=O)O)C[C@@H]1OC[C@H](CC(O)C(O)[C@@H](C)[C@H](C)O)[C@@H](O)[C@H]1O. The molecule has 0 aromatic heterocycles. The molecule has 1 aliphatic heterocycles. The van der Waals surface area contributed by atoms with Crippen molar-refractivity contribution in [1.82, 2.24) is 0 Å². The van der Waals surface area contributed by atoms with Gasteiger partial charge in [0, 0.05) is 24.3 Å². The zero-order valence-electron chi connectivity index (χ0n) is 21.8. The van der Waals surface area contributed by atoms with Crippen molar-refractivity contribution >= 4 is 11.9 Å². The number of hydrogen-bond donors (Lipinski definition) is 6. The van der Waals surface area contributed by atoms with Crippen molar-refractivity contribution in [2.45, 2.75) is 115 Å². The van der Waals surface area contributed by atoms with Crippen LogP contribution in [0.25, 0.3) is 0 Å². The number of unbranched alkanes of at least 4 members (excludes halogenated alkanes) is 5. The summed E-state index contributed by atoms with van der Waals surface area (Å²) in [6, 6.07) is 0. The van der Waals surface area contributed by atoms with Crippen LogP contribution in [0, 0.1) is 11.8 Å². The summed E-state index contributed by atoms with van der Waals surface area (Å²) in [5.74, 6) is -2.40. The second kappa shape index (κ2) is 17.0. The van der Waals surface area contributed by atoms with Gasteiger partial charge in [0.25, 0.3) is 0 Å². The molecule has 0 aromatic carbocycles. The Morgan fingerprint density at radius 3 is 2.22 bits per heavy atom. The molecular formula is C26H46O10. The van der Waals surface area contributed by atoms with Crippen LogP contribution in [0.15, 0.2) is 11.6 Å². The van der Waals surface area contributed by atoms with Crippen LogP contribution in [0.5, 0.6) is 0 Å². The summed E-state index contributed by atoms with van der Waals surface area (Å²) in [5, 5.41) is 59.7. The van der Waals surface area contributed by atoms with E-state index in [4.69, 9.17) is 14.6 Å². The van der Waals surface area contributed by atoms with Crippen molar-refractivity contribution in [3.8, 4) is 0 Å². The molecule has 1 saturated heterocycles. The number of carboxylic acid groups (broad SMARTS) is 1. The van der Waals surface area contributed by atoms with Crippen LogP contribution in [0.2, 0.25) is 0 Å². The Bertz CT molecular complexity index is 680. The summed E-state index contributed by atoms with van der Waals surface area (Å²) < 4.78 is 10.9. The lowest BCUT2D eigenvalue weighted by Crippen LogP contribution is -2.51. The summed E-state index contributed by atoms with van der Waals surface area (Å²) in [5.41, 5.74) is 0.634. The van der Waals surface area contributed by atoms with Crippen molar-refractivity contribution in [2.24, 2.45) is 11.8 Å². The van der Waals surface area contributed by atoms with Crippen molar-refractivity contribution in [3.05, 3.63) is 11.6 Å². The van der Waals surface area contributed by atoms with Gasteiger partial charge in [0.2, 0.25) is 0 Å². The smallest absolute Gasteiger partial charge is 0.330 e. The first kappa shape index (κ1) is 32.5. The first-order valence-electron chi connectivity index (χ1n) is 13.0. The molecule has 1 fully saturated rings. The number of aliphatic carboxylic acids is 1. The van der Waals surface area contributed by atoms with E-state index >= 15 is 0 Å². The van der Waals surface area contributed by atoms with E-state index in [-0.39, 0.29) is 25.9 Å². The van der Waals surface area contributed by atoms with Crippen molar-refractivity contribution in [3.63, 3.8) is 0 Å². The van der Waals surface area contributed by atoms with Gasteiger partial charge in [-0.25, -0.2) is 4.79 Å². The number of aliphatic hydroxyl groups excluding tert-OH is 5. The summed E-state index contributed by atoms with van der Waals surface area (Å²) in [7, 11) is 0. The van der Waals surface area contributed by atoms with Crippen LogP contribution in [0.3, 0.4) is 0 Å². The fourth-order valence-corrected chi connectivity index (χ4v) is 4.29. The van der Waals surface area contributed by atoms with Crippen LogP contribution < -0.4 is 0 Å². The molecule has 210 valence electrons. The zero-order chi connectivity index (χ0) is 27.3. The average molecular weight is 519 g/mol. The number of aliphatic hydroxyl groups is 5. The molecule has 10 nitrogen and oxygen atoms in total. The Kier molecular flexibility index (Phi) is 15.4. The molecule has 0 bridgehead atoms. The minimum Gasteiger partial charge on any atom is -0.481 e. The van der Waals surface area contributed by atoms with Crippen molar-refractivity contribution in [2.75, 3.05) is 13.2 Å². The van der Waals surface area contributed by atoms with Gasteiger partial charge in [-0.05, 0) is 39.5 Å². The van der Waals surface area contributed by atoms with E-state index in [1.54, 1.807) is 13.8 Å². The highest BCUT2D eigenvalue weighted by Gasteiger charge is 2.40. The summed E-state index contributed by atoms with van der Waals surface area (Å²) >= 11 is 0. The Labute approximate surface area is 213 Å². The molecule has 36 heavy (non-hydrogen) atoms. The van der Waals surface area contributed by atoms with Gasteiger partial charge in [-0.15, -0.1) is 0 Å². The Morgan fingerprint density at radius 2 is 1.61 bits per heavy atom. The van der Waals surface area contributed by atoms with E-state index in [0.717, 1.165) is 32.1 Å². The highest BCUT2D eigenvalue weighted by Crippen LogP contribution is 2.29. The highest BCUT2D eigenvalue weighted by atomic mass is 16.5. The second-order valence-corrected chi connectivity index (χ2v) is 10.1. The number of carbonyl (C=O) groups excluding carboxylic acids is 1. The lowest BCUT2D eigenvalue weighted by molar-refractivity contribution is -0.173. The molecule has 0 spiro atoms. The standard InChI is InChI=1S/C26H46O10/c1-16(13-23(31)35-11-9-7-5-4-6-8-10-22(29)30)12-21-26(34)25(33)19(15-36-21)14-20(28)24(32)17(2)18(3)27/h13,17-21,24-28,32-34H,4-12,14-15H2,1-3H3,(H,29,30)/b16-13+/t17-,18-,19-,20?,21-,24?,25+,26-/m0/s1. The maximum atomic E-state index is 12.0. The molecule has 10 heteroatoms. The minimum absolute atomic E-state index is 0.00660. The molecule has 0 radical (unpaired) electrons. The van der Waals surface area contributed by atoms with Gasteiger partial charge >= 0.3 is 11.9 Å². The summed E-state index contributed by atoms with van der Waals surface area (Å²) in [4.78, 5) is 22.5. The van der Waals surface area contributed by atoms with Gasteiger partial charge in [0.1, 0.15) is 6.10 Å². The van der Waals surface area contributed by atoms with Crippen molar-refractivity contribution < 1.29 is 49.7 Å². The molecule has 6 N–H and O–H groups in total. The van der Waals surface area contributed by atoms with Crippen LogP contribution in [-0.2, 0) is 19.1 Å². The second-order valence-electron chi connectivity index (χ2n) is 10.1. The molecule has 0 aliphatic carbocycles. The quantitative estimate of drug-likeness (QED) is 0.0941. The van der Waals surface area contributed by atoms with Gasteiger partial charge < -0.3 is 40.1 Å². The molecule has 1 aliphatic rings. The fraction of sp³-hybridized carbons (Fsp3) is 0.846. The molecule has 1 rings (SSSR count).